The van der Waals surface area contributed by atoms with E-state index < -0.39 is 0 Å². The molecule has 0 saturated carbocycles. The molecule has 0 aliphatic heterocycles. The van der Waals surface area contributed by atoms with E-state index in [4.69, 9.17) is 10.4 Å². The molecule has 1 aromatic heterocycles. The maximum absolute atomic E-state index is 8.98. The highest BCUT2D eigenvalue weighted by atomic mass is 14.7. The fourth-order valence-corrected chi connectivity index (χ4v) is 8.87. The van der Waals surface area contributed by atoms with E-state index in [0.29, 0.717) is 11.4 Å². The third kappa shape index (κ3) is 6.47. The molecule has 0 unspecified atom stereocenters. The second-order valence-electron chi connectivity index (χ2n) is 15.8. The van der Waals surface area contributed by atoms with Crippen LogP contribution < -0.4 is 0 Å². The number of aliphatic imine (C=N–C) groups is 1. The van der Waals surface area contributed by atoms with Crippen LogP contribution in [0.3, 0.4) is 0 Å². The fourth-order valence-electron chi connectivity index (χ4n) is 8.87. The molecule has 0 atom stereocenters. The Hall–Kier alpha value is -7.49. The second-order valence-corrected chi connectivity index (χ2v) is 15.8. The van der Waals surface area contributed by atoms with Crippen LogP contribution in [0.15, 0.2) is 205 Å². The van der Waals surface area contributed by atoms with Gasteiger partial charge in [-0.05, 0) is 101 Å². The molecule has 0 amide bonds. The fraction of sp³-hybridized carbons (Fsp3) is 0.0536. The summed E-state index contributed by atoms with van der Waals surface area (Å²) in [6.07, 6.45) is 7.45. The van der Waals surface area contributed by atoms with E-state index in [-0.39, 0.29) is 5.41 Å². The van der Waals surface area contributed by atoms with Gasteiger partial charge in [0.1, 0.15) is 0 Å². The van der Waals surface area contributed by atoms with Crippen LogP contribution in [-0.4, -0.2) is 16.9 Å². The lowest BCUT2D eigenvalue weighted by Crippen LogP contribution is -2.14. The van der Waals surface area contributed by atoms with E-state index in [2.05, 4.69) is 164 Å². The third-order valence-electron chi connectivity index (χ3n) is 11.9. The van der Waals surface area contributed by atoms with Crippen LogP contribution in [0.4, 0.5) is 0 Å². The van der Waals surface area contributed by atoms with Crippen LogP contribution in [-0.2, 0) is 5.41 Å². The minimum atomic E-state index is -0.101. The first-order valence-electron chi connectivity index (χ1n) is 20.1. The number of nitrogens with zero attached hydrogens (tertiary/aromatic N) is 2. The van der Waals surface area contributed by atoms with E-state index in [0.717, 1.165) is 38.6 Å². The first kappa shape index (κ1) is 35.9. The van der Waals surface area contributed by atoms with Crippen molar-refractivity contribution in [2.75, 3.05) is 0 Å². The van der Waals surface area contributed by atoms with Crippen molar-refractivity contribution in [1.82, 2.24) is 4.98 Å². The third-order valence-corrected chi connectivity index (χ3v) is 11.9. The van der Waals surface area contributed by atoms with Gasteiger partial charge in [0.15, 0.2) is 0 Å². The normalized spacial score (nSPS) is 13.2. The van der Waals surface area contributed by atoms with Crippen molar-refractivity contribution in [3.05, 3.63) is 228 Å². The van der Waals surface area contributed by atoms with Gasteiger partial charge in [-0.1, -0.05) is 184 Å². The Morgan fingerprint density at radius 3 is 2.02 bits per heavy atom. The summed E-state index contributed by atoms with van der Waals surface area (Å²) < 4.78 is 0. The predicted octanol–water partition coefficient (Wildman–Crippen LogP) is 14.2. The van der Waals surface area contributed by atoms with Crippen molar-refractivity contribution in [1.29, 1.82) is 5.41 Å². The van der Waals surface area contributed by atoms with Gasteiger partial charge < -0.3 is 5.41 Å². The molecule has 1 heterocycles. The highest BCUT2D eigenvalue weighted by Gasteiger charge is 2.37. The Labute approximate surface area is 345 Å². The number of nitrogens with one attached hydrogen (secondary N) is 1. The van der Waals surface area contributed by atoms with E-state index in [1.54, 1.807) is 6.20 Å². The second kappa shape index (κ2) is 14.8. The largest absolute Gasteiger partial charge is 0.300 e. The summed E-state index contributed by atoms with van der Waals surface area (Å²) in [5, 5.41) is 13.8. The summed E-state index contributed by atoms with van der Waals surface area (Å²) in [6, 6.07) is 64.3. The van der Waals surface area contributed by atoms with Gasteiger partial charge in [0.25, 0.3) is 0 Å². The number of hydrogen-bond donors (Lipinski definition) is 1. The molecular formula is C56H41N3. The molecule has 59 heavy (non-hydrogen) atoms. The van der Waals surface area contributed by atoms with Gasteiger partial charge >= 0.3 is 0 Å². The molecule has 8 aromatic carbocycles. The van der Waals surface area contributed by atoms with Crippen LogP contribution in [0.25, 0.3) is 71.7 Å². The number of fused-ring (bicyclic) bond motifs is 6. The molecule has 1 aliphatic carbocycles. The zero-order valence-electron chi connectivity index (χ0n) is 33.0. The van der Waals surface area contributed by atoms with Gasteiger partial charge in [-0.25, -0.2) is 0 Å². The number of rotatable bonds is 8. The SMILES string of the molecule is CC1(C)c2cccc(-c3cccc(-c4ccc(C=N/C(=C\C(=N)c5ccccc5)c5ccc(-c6cccnc6)cc5)c5ccccc45)c3)c2-c2c1ccc1ccccc21. The van der Waals surface area contributed by atoms with Gasteiger partial charge in [0.2, 0.25) is 0 Å². The summed E-state index contributed by atoms with van der Waals surface area (Å²) in [4.78, 5) is 9.40. The quantitative estimate of drug-likeness (QED) is 0.154. The molecule has 0 bridgehead atoms. The Balaban J connectivity index is 1.04. The molecule has 3 heteroatoms. The molecule has 0 fully saturated rings. The average Bonchev–Trinajstić information content (AvgIpc) is 3.54. The summed E-state index contributed by atoms with van der Waals surface area (Å²) >= 11 is 0. The average molecular weight is 756 g/mol. The monoisotopic (exact) mass is 755 g/mol. The molecule has 1 aliphatic rings. The zero-order valence-corrected chi connectivity index (χ0v) is 33.0. The van der Waals surface area contributed by atoms with E-state index in [1.165, 1.54) is 55.3 Å². The van der Waals surface area contributed by atoms with Crippen LogP contribution in [0, 0.1) is 5.41 Å². The molecule has 280 valence electrons. The molecule has 0 radical (unpaired) electrons. The first-order chi connectivity index (χ1) is 28.9. The molecule has 9 aromatic rings. The molecule has 10 rings (SSSR count). The molecular weight excluding hydrogens is 715 g/mol. The molecule has 0 spiro atoms. The topological polar surface area (TPSA) is 49.1 Å². The Kier molecular flexibility index (Phi) is 8.99. The minimum absolute atomic E-state index is 0.101. The number of hydrogen-bond acceptors (Lipinski definition) is 3. The first-order valence-corrected chi connectivity index (χ1v) is 20.1. The predicted molar refractivity (Wildman–Crippen MR) is 248 cm³/mol. The van der Waals surface area contributed by atoms with Gasteiger partial charge in [-0.15, -0.1) is 0 Å². The van der Waals surface area contributed by atoms with Crippen molar-refractivity contribution in [3.63, 3.8) is 0 Å². The molecule has 3 nitrogen and oxygen atoms in total. The molecule has 0 saturated heterocycles. The number of allylic oxidation sites excluding steroid dienone is 1. The van der Waals surface area contributed by atoms with Crippen LogP contribution >= 0.6 is 0 Å². The maximum atomic E-state index is 8.98. The maximum Gasteiger partial charge on any atom is 0.0723 e. The zero-order chi connectivity index (χ0) is 39.9. The van der Waals surface area contributed by atoms with Gasteiger partial charge in [-0.2, -0.15) is 0 Å². The minimum Gasteiger partial charge on any atom is -0.300 e. The Morgan fingerprint density at radius 2 is 1.22 bits per heavy atom. The summed E-state index contributed by atoms with van der Waals surface area (Å²) in [6.45, 7) is 4.71. The van der Waals surface area contributed by atoms with Crippen molar-refractivity contribution in [2.45, 2.75) is 19.3 Å². The van der Waals surface area contributed by atoms with E-state index in [1.807, 2.05) is 54.9 Å². The van der Waals surface area contributed by atoms with Gasteiger partial charge in [0.05, 0.1) is 11.4 Å². The number of aromatic nitrogens is 1. The molecule has 1 N–H and O–H groups in total. The van der Waals surface area contributed by atoms with Gasteiger partial charge in [-0.3, -0.25) is 9.98 Å². The lowest BCUT2D eigenvalue weighted by Gasteiger charge is -2.21. The lowest BCUT2D eigenvalue weighted by molar-refractivity contribution is 0.661. The summed E-state index contributed by atoms with van der Waals surface area (Å²) in [5.41, 5.74) is 16.2. The summed E-state index contributed by atoms with van der Waals surface area (Å²) in [7, 11) is 0. The van der Waals surface area contributed by atoms with Crippen LogP contribution in [0.1, 0.15) is 41.7 Å². The summed E-state index contributed by atoms with van der Waals surface area (Å²) in [5.74, 6) is 0. The van der Waals surface area contributed by atoms with Crippen molar-refractivity contribution in [3.8, 4) is 44.5 Å². The van der Waals surface area contributed by atoms with Crippen molar-refractivity contribution < 1.29 is 0 Å². The van der Waals surface area contributed by atoms with Crippen molar-refractivity contribution >= 4 is 39.2 Å². The van der Waals surface area contributed by atoms with E-state index in [9.17, 15) is 0 Å². The number of benzene rings is 8. The number of pyridine rings is 1. The Bertz CT molecular complexity index is 3120. The highest BCUT2D eigenvalue weighted by molar-refractivity contribution is 6.12. The standard InChI is InChI=1S/C56H41N3/c1-56(2)50-23-11-22-48(55(50)54-47-20-7-6-13-38(47)29-31-51(54)56)42-17-10-16-41(33-42)46-30-28-44(45-19-8-9-21-49(45)46)36-59-53(34-52(57)39-14-4-3-5-15-39)40-26-24-37(25-27-40)43-18-12-32-58-35-43/h3-36,57H,1-2H3/b53-34-,57-52?,59-36?. The lowest BCUT2D eigenvalue weighted by atomic mass is 9.81. The van der Waals surface area contributed by atoms with Crippen molar-refractivity contribution in [2.24, 2.45) is 4.99 Å². The Morgan fingerprint density at radius 1 is 0.525 bits per heavy atom. The van der Waals surface area contributed by atoms with E-state index >= 15 is 0 Å². The van der Waals surface area contributed by atoms with Gasteiger partial charge in [0, 0.05) is 35.2 Å². The van der Waals surface area contributed by atoms with Crippen LogP contribution in [0.2, 0.25) is 0 Å². The smallest absolute Gasteiger partial charge is 0.0723 e. The van der Waals surface area contributed by atoms with Crippen LogP contribution in [0.5, 0.6) is 0 Å². The highest BCUT2D eigenvalue weighted by Crippen LogP contribution is 2.54.